The number of imidazole rings is 1. The van der Waals surface area contributed by atoms with E-state index in [1.807, 2.05) is 0 Å². The molecule has 146 valence electrons. The first-order chi connectivity index (χ1) is 13.2. The molecule has 1 saturated heterocycles. The van der Waals surface area contributed by atoms with Gasteiger partial charge in [0.05, 0.1) is 23.7 Å². The summed E-state index contributed by atoms with van der Waals surface area (Å²) in [5, 5.41) is 2.98. The number of aromatic nitrogens is 2. The summed E-state index contributed by atoms with van der Waals surface area (Å²) in [4.78, 5) is 19.5. The van der Waals surface area contributed by atoms with Crippen LogP contribution in [0.1, 0.15) is 25.1 Å². The monoisotopic (exact) mass is 377 g/mol. The van der Waals surface area contributed by atoms with Gasteiger partial charge in [0.1, 0.15) is 31.0 Å². The first kappa shape index (κ1) is 18.3. The third kappa shape index (κ3) is 5.03. The second-order valence-electron chi connectivity index (χ2n) is 7.19. The minimum atomic E-state index is -0.326. The van der Waals surface area contributed by atoms with Crippen molar-refractivity contribution in [2.45, 2.75) is 38.0 Å². The molecule has 2 aromatic rings. The lowest BCUT2D eigenvalue weighted by Gasteiger charge is -2.32. The normalized spacial score (nSPS) is 22.9. The molecule has 1 aromatic carbocycles. The fourth-order valence-corrected chi connectivity index (χ4v) is 3.18. The first-order valence-corrected chi connectivity index (χ1v) is 9.38. The van der Waals surface area contributed by atoms with E-state index < -0.39 is 0 Å². The minimum Gasteiger partial charge on any atom is -0.379 e. The van der Waals surface area contributed by atoms with Crippen LogP contribution in [-0.2, 0) is 25.6 Å². The Morgan fingerprint density at radius 1 is 1.37 bits per heavy atom. The molecule has 0 radical (unpaired) electrons. The number of benzene rings is 1. The van der Waals surface area contributed by atoms with Gasteiger partial charge in [0.15, 0.2) is 0 Å². The summed E-state index contributed by atoms with van der Waals surface area (Å²) in [7, 11) is 0. The molecule has 1 aromatic heterocycles. The summed E-state index contributed by atoms with van der Waals surface area (Å²) >= 11 is 0. The summed E-state index contributed by atoms with van der Waals surface area (Å²) in [6, 6.07) is 4.29. The summed E-state index contributed by atoms with van der Waals surface area (Å²) in [6.45, 7) is 1.94. The summed E-state index contributed by atoms with van der Waals surface area (Å²) in [5.41, 5.74) is 1.27. The predicted octanol–water partition coefficient (Wildman–Crippen LogP) is 1.92. The van der Waals surface area contributed by atoms with Gasteiger partial charge in [-0.05, 0) is 43.4 Å². The summed E-state index contributed by atoms with van der Waals surface area (Å²) in [5.74, 6) is 0.709. The maximum Gasteiger partial charge on any atom is 0.246 e. The van der Waals surface area contributed by atoms with Crippen LogP contribution in [0.4, 0.5) is 4.39 Å². The van der Waals surface area contributed by atoms with E-state index in [1.165, 1.54) is 25.0 Å². The Labute approximate surface area is 156 Å². The highest BCUT2D eigenvalue weighted by molar-refractivity contribution is 5.77. The first-order valence-electron chi connectivity index (χ1n) is 9.38. The van der Waals surface area contributed by atoms with Gasteiger partial charge < -0.3 is 24.5 Å². The number of carbonyl (C=O) groups is 1. The Bertz CT molecular complexity index is 792. The summed E-state index contributed by atoms with van der Waals surface area (Å²) < 4.78 is 30.1. The van der Waals surface area contributed by atoms with Crippen LogP contribution in [0.3, 0.4) is 0 Å². The van der Waals surface area contributed by atoms with Crippen LogP contribution in [0.15, 0.2) is 18.2 Å². The van der Waals surface area contributed by atoms with Crippen molar-refractivity contribution in [2.24, 2.45) is 5.92 Å². The number of rotatable bonds is 8. The molecule has 1 amide bonds. The van der Waals surface area contributed by atoms with Crippen LogP contribution in [-0.4, -0.2) is 54.4 Å². The number of carbonyl (C=O) groups excluding carboxylic acids is 1. The molecule has 1 aliphatic carbocycles. The van der Waals surface area contributed by atoms with Gasteiger partial charge in [-0.2, -0.15) is 0 Å². The largest absolute Gasteiger partial charge is 0.379 e. The molecule has 2 atom stereocenters. The SMILES string of the molecule is O=C(COCc1nc2ccc(F)cc2[nH]1)N[C@@H]1CCOC[C@H]1OCC1CC1. The van der Waals surface area contributed by atoms with Gasteiger partial charge in [-0.25, -0.2) is 9.37 Å². The zero-order valence-corrected chi connectivity index (χ0v) is 15.1. The van der Waals surface area contributed by atoms with Gasteiger partial charge in [0, 0.05) is 13.2 Å². The standard InChI is InChI=1S/C19H24FN3O4/c20-13-3-4-14-16(7-13)22-18(21-14)10-26-11-19(24)23-15-5-6-25-9-17(15)27-8-12-1-2-12/h3-4,7,12,15,17H,1-2,5-6,8-11H2,(H,21,22)(H,23,24)/t15-,17-/m1/s1. The second-order valence-corrected chi connectivity index (χ2v) is 7.19. The van der Waals surface area contributed by atoms with E-state index in [2.05, 4.69) is 15.3 Å². The number of ether oxygens (including phenoxy) is 3. The molecule has 2 N–H and O–H groups in total. The fourth-order valence-electron chi connectivity index (χ4n) is 3.18. The zero-order chi connectivity index (χ0) is 18.6. The number of aromatic amines is 1. The molecule has 2 fully saturated rings. The van der Waals surface area contributed by atoms with E-state index >= 15 is 0 Å². The van der Waals surface area contributed by atoms with E-state index in [4.69, 9.17) is 14.2 Å². The number of amides is 1. The van der Waals surface area contributed by atoms with Crippen LogP contribution < -0.4 is 5.32 Å². The zero-order valence-electron chi connectivity index (χ0n) is 15.1. The number of halogens is 1. The molecule has 0 spiro atoms. The Morgan fingerprint density at radius 3 is 3.11 bits per heavy atom. The van der Waals surface area contributed by atoms with E-state index in [0.717, 1.165) is 13.0 Å². The predicted molar refractivity (Wildman–Crippen MR) is 95.5 cm³/mol. The maximum atomic E-state index is 13.2. The molecule has 7 nitrogen and oxygen atoms in total. The molecular weight excluding hydrogens is 353 g/mol. The number of hydrogen-bond donors (Lipinski definition) is 2. The van der Waals surface area contributed by atoms with Gasteiger partial charge in [-0.3, -0.25) is 4.79 Å². The molecule has 8 heteroatoms. The molecule has 0 bridgehead atoms. The summed E-state index contributed by atoms with van der Waals surface area (Å²) in [6.07, 6.45) is 3.09. The van der Waals surface area contributed by atoms with Crippen LogP contribution in [0, 0.1) is 11.7 Å². The van der Waals surface area contributed by atoms with Gasteiger partial charge >= 0.3 is 0 Å². The van der Waals surface area contributed by atoms with Crippen molar-refractivity contribution in [1.29, 1.82) is 0 Å². The molecular formula is C19H24FN3O4. The molecule has 2 aliphatic rings. The van der Waals surface area contributed by atoms with Crippen molar-refractivity contribution >= 4 is 16.9 Å². The van der Waals surface area contributed by atoms with E-state index in [0.29, 0.717) is 36.0 Å². The lowest BCUT2D eigenvalue weighted by Crippen LogP contribution is -2.51. The van der Waals surface area contributed by atoms with Crippen molar-refractivity contribution in [2.75, 3.05) is 26.4 Å². The van der Waals surface area contributed by atoms with Crippen LogP contribution >= 0.6 is 0 Å². The molecule has 4 rings (SSSR count). The van der Waals surface area contributed by atoms with Gasteiger partial charge in [-0.15, -0.1) is 0 Å². The fraction of sp³-hybridized carbons (Fsp3) is 0.579. The average Bonchev–Trinajstić information content (AvgIpc) is 3.40. The third-order valence-electron chi connectivity index (χ3n) is 4.86. The minimum absolute atomic E-state index is 0.0530. The van der Waals surface area contributed by atoms with Crippen molar-refractivity contribution in [3.8, 4) is 0 Å². The van der Waals surface area contributed by atoms with E-state index in [1.54, 1.807) is 6.07 Å². The van der Waals surface area contributed by atoms with Crippen LogP contribution in [0.5, 0.6) is 0 Å². The molecule has 27 heavy (non-hydrogen) atoms. The maximum absolute atomic E-state index is 13.2. The highest BCUT2D eigenvalue weighted by atomic mass is 19.1. The lowest BCUT2D eigenvalue weighted by molar-refractivity contribution is -0.131. The molecule has 1 aliphatic heterocycles. The Morgan fingerprint density at radius 2 is 2.26 bits per heavy atom. The highest BCUT2D eigenvalue weighted by Gasteiger charge is 2.30. The Balaban J connectivity index is 1.23. The van der Waals surface area contributed by atoms with Gasteiger partial charge in [-0.1, -0.05) is 0 Å². The number of hydrogen-bond acceptors (Lipinski definition) is 5. The molecule has 2 heterocycles. The van der Waals surface area contributed by atoms with Crippen molar-refractivity contribution in [3.63, 3.8) is 0 Å². The average molecular weight is 377 g/mol. The highest BCUT2D eigenvalue weighted by Crippen LogP contribution is 2.29. The van der Waals surface area contributed by atoms with Crippen LogP contribution in [0.2, 0.25) is 0 Å². The third-order valence-corrected chi connectivity index (χ3v) is 4.86. The van der Waals surface area contributed by atoms with Crippen molar-refractivity contribution in [3.05, 3.63) is 29.8 Å². The Kier molecular flexibility index (Phi) is 5.66. The smallest absolute Gasteiger partial charge is 0.246 e. The molecule has 1 saturated carbocycles. The number of fused-ring (bicyclic) bond motifs is 1. The Hall–Kier alpha value is -2.03. The number of nitrogens with one attached hydrogen (secondary N) is 2. The van der Waals surface area contributed by atoms with Crippen molar-refractivity contribution in [1.82, 2.24) is 15.3 Å². The number of H-pyrrole nitrogens is 1. The van der Waals surface area contributed by atoms with Crippen LogP contribution in [0.25, 0.3) is 11.0 Å². The lowest BCUT2D eigenvalue weighted by atomic mass is 10.1. The van der Waals surface area contributed by atoms with E-state index in [-0.39, 0.29) is 37.1 Å². The van der Waals surface area contributed by atoms with Crippen molar-refractivity contribution < 1.29 is 23.4 Å². The van der Waals surface area contributed by atoms with Gasteiger partial charge in [0.25, 0.3) is 0 Å². The quantitative estimate of drug-likeness (QED) is 0.734. The topological polar surface area (TPSA) is 85.5 Å². The van der Waals surface area contributed by atoms with E-state index in [9.17, 15) is 9.18 Å². The molecule has 0 unspecified atom stereocenters. The van der Waals surface area contributed by atoms with Gasteiger partial charge in [0.2, 0.25) is 5.91 Å². The second kappa shape index (κ2) is 8.33. The number of nitrogens with zero attached hydrogens (tertiary/aromatic N) is 1.